The van der Waals surface area contributed by atoms with E-state index in [4.69, 9.17) is 0 Å². The number of pyridine rings is 1. The second kappa shape index (κ2) is 7.75. The van der Waals surface area contributed by atoms with Crippen LogP contribution < -0.4 is 0 Å². The zero-order valence-electron chi connectivity index (χ0n) is 17.8. The molecule has 0 aliphatic carbocycles. The lowest BCUT2D eigenvalue weighted by Crippen LogP contribution is -2.64. The lowest BCUT2D eigenvalue weighted by atomic mass is 9.71. The Morgan fingerprint density at radius 3 is 2.84 bits per heavy atom. The molecule has 0 spiro atoms. The first-order valence-electron chi connectivity index (χ1n) is 11.7. The molecule has 6 nitrogen and oxygen atoms in total. The Labute approximate surface area is 182 Å². The largest absolute Gasteiger partial charge is 0.337 e. The number of H-pyrrole nitrogens is 1. The summed E-state index contributed by atoms with van der Waals surface area (Å²) in [6, 6.07) is 15.8. The molecular weight excluding hydrogens is 386 g/mol. The van der Waals surface area contributed by atoms with Crippen LogP contribution in [0.5, 0.6) is 0 Å². The lowest BCUT2D eigenvalue weighted by Gasteiger charge is -2.57. The van der Waals surface area contributed by atoms with Crippen LogP contribution in [0.1, 0.15) is 41.7 Å². The first-order valence-corrected chi connectivity index (χ1v) is 11.7. The summed E-state index contributed by atoms with van der Waals surface area (Å²) in [7, 11) is 0. The quantitative estimate of drug-likeness (QED) is 0.711. The maximum atomic E-state index is 13.4. The Bertz CT molecular complexity index is 1080. The van der Waals surface area contributed by atoms with Gasteiger partial charge in [-0.15, -0.1) is 0 Å². The summed E-state index contributed by atoms with van der Waals surface area (Å²) < 4.78 is 0. The summed E-state index contributed by atoms with van der Waals surface area (Å²) in [5, 5.41) is 7.87. The minimum absolute atomic E-state index is 0.0638. The maximum absolute atomic E-state index is 13.4. The predicted molar refractivity (Wildman–Crippen MR) is 120 cm³/mol. The van der Waals surface area contributed by atoms with Gasteiger partial charge in [0.25, 0.3) is 5.91 Å². The maximum Gasteiger partial charge on any atom is 0.272 e. The van der Waals surface area contributed by atoms with Gasteiger partial charge < -0.3 is 4.90 Å². The molecule has 2 bridgehead atoms. The van der Waals surface area contributed by atoms with Crippen LogP contribution in [0.15, 0.2) is 48.7 Å². The van der Waals surface area contributed by atoms with Gasteiger partial charge in [0.05, 0.1) is 6.20 Å². The van der Waals surface area contributed by atoms with E-state index in [0.717, 1.165) is 24.9 Å². The number of rotatable bonds is 3. The van der Waals surface area contributed by atoms with Crippen molar-refractivity contribution in [1.29, 1.82) is 0 Å². The van der Waals surface area contributed by atoms with E-state index in [1.54, 1.807) is 6.20 Å². The van der Waals surface area contributed by atoms with Crippen LogP contribution >= 0.6 is 0 Å². The smallest absolute Gasteiger partial charge is 0.272 e. The van der Waals surface area contributed by atoms with E-state index >= 15 is 0 Å². The van der Waals surface area contributed by atoms with E-state index in [0.29, 0.717) is 35.3 Å². The fourth-order valence-corrected chi connectivity index (χ4v) is 6.32. The van der Waals surface area contributed by atoms with Crippen LogP contribution in [-0.4, -0.2) is 62.6 Å². The monoisotopic (exact) mass is 415 g/mol. The highest BCUT2D eigenvalue weighted by Gasteiger charge is 2.47. The van der Waals surface area contributed by atoms with E-state index < -0.39 is 0 Å². The topological polar surface area (TPSA) is 65.1 Å². The van der Waals surface area contributed by atoms with Gasteiger partial charge in [0, 0.05) is 30.6 Å². The highest BCUT2D eigenvalue weighted by Crippen LogP contribution is 2.42. The molecule has 31 heavy (non-hydrogen) atoms. The molecule has 3 fully saturated rings. The van der Waals surface area contributed by atoms with Gasteiger partial charge in [-0.2, -0.15) is 5.10 Å². The first-order chi connectivity index (χ1) is 15.3. The lowest BCUT2D eigenvalue weighted by molar-refractivity contribution is -0.0643. The average molecular weight is 416 g/mol. The van der Waals surface area contributed by atoms with Crippen molar-refractivity contribution >= 4 is 16.9 Å². The number of amides is 1. The van der Waals surface area contributed by atoms with Crippen molar-refractivity contribution in [3.63, 3.8) is 0 Å². The number of aromatic amines is 1. The van der Waals surface area contributed by atoms with E-state index in [1.165, 1.54) is 37.8 Å². The molecule has 1 aromatic carbocycles. The van der Waals surface area contributed by atoms with Gasteiger partial charge in [0.2, 0.25) is 0 Å². The summed E-state index contributed by atoms with van der Waals surface area (Å²) in [6.45, 7) is 2.90. The van der Waals surface area contributed by atoms with E-state index in [-0.39, 0.29) is 5.91 Å². The number of piperidine rings is 3. The van der Waals surface area contributed by atoms with Crippen molar-refractivity contribution in [2.45, 2.75) is 44.2 Å². The molecule has 1 N–H and O–H groups in total. The molecule has 0 radical (unpaired) electrons. The molecule has 6 rings (SSSR count). The van der Waals surface area contributed by atoms with Crippen molar-refractivity contribution in [3.8, 4) is 0 Å². The average Bonchev–Trinajstić information content (AvgIpc) is 3.30. The van der Waals surface area contributed by atoms with Gasteiger partial charge in [-0.3, -0.25) is 14.8 Å². The number of nitrogens with zero attached hydrogens (tertiary/aromatic N) is 4. The third-order valence-corrected chi connectivity index (χ3v) is 7.72. The Balaban J connectivity index is 1.28. The molecule has 3 aliphatic heterocycles. The predicted octanol–water partition coefficient (Wildman–Crippen LogP) is 3.52. The van der Waals surface area contributed by atoms with Crippen LogP contribution in [0.2, 0.25) is 0 Å². The van der Waals surface area contributed by atoms with Crippen LogP contribution in [0.4, 0.5) is 0 Å². The number of carbonyl (C=O) groups is 1. The van der Waals surface area contributed by atoms with Gasteiger partial charge in [-0.05, 0) is 61.8 Å². The molecule has 160 valence electrons. The molecule has 4 atom stereocenters. The number of benzene rings is 1. The third kappa shape index (κ3) is 3.43. The normalized spacial score (nSPS) is 28.5. The zero-order chi connectivity index (χ0) is 20.8. The van der Waals surface area contributed by atoms with Crippen molar-refractivity contribution in [2.75, 3.05) is 19.6 Å². The molecular formula is C25H29N5O. The van der Waals surface area contributed by atoms with Crippen LogP contribution in [0, 0.1) is 11.8 Å². The molecule has 3 aliphatic rings. The molecule has 3 saturated heterocycles. The summed E-state index contributed by atoms with van der Waals surface area (Å²) in [4.78, 5) is 22.9. The molecule has 5 heterocycles. The standard InChI is InChI=1S/C25H29N5O/c31-25(21-10-9-18-14-26-28-24(18)27-21)29-15-19-13-20(16-29)23(12-17-6-2-1-3-7-17)30-11-5-4-8-22(19)30/h1-3,6-7,9-10,14,19-20,22-23H,4-5,8,11-13,15-16H2,(H,26,27,28)/t19-,20+,22+,23+/m1/s1. The van der Waals surface area contributed by atoms with Gasteiger partial charge in [0.15, 0.2) is 5.65 Å². The molecule has 2 aromatic heterocycles. The van der Waals surface area contributed by atoms with Gasteiger partial charge in [-0.25, -0.2) is 4.98 Å². The number of hydrogen-bond acceptors (Lipinski definition) is 4. The second-order valence-corrected chi connectivity index (χ2v) is 9.53. The van der Waals surface area contributed by atoms with Gasteiger partial charge in [0.1, 0.15) is 5.69 Å². The highest BCUT2D eigenvalue weighted by molar-refractivity contribution is 5.94. The Morgan fingerprint density at radius 1 is 1.06 bits per heavy atom. The second-order valence-electron chi connectivity index (χ2n) is 9.53. The number of likely N-dealkylation sites (tertiary alicyclic amines) is 1. The number of carbonyl (C=O) groups excluding carboxylic acids is 1. The molecule has 6 heteroatoms. The van der Waals surface area contributed by atoms with Crippen LogP contribution in [0.25, 0.3) is 11.0 Å². The minimum Gasteiger partial charge on any atom is -0.337 e. The molecule has 3 aromatic rings. The summed E-state index contributed by atoms with van der Waals surface area (Å²) >= 11 is 0. The third-order valence-electron chi connectivity index (χ3n) is 7.72. The zero-order valence-corrected chi connectivity index (χ0v) is 17.8. The number of fused-ring (bicyclic) bond motifs is 5. The van der Waals surface area contributed by atoms with E-state index in [1.807, 2.05) is 12.1 Å². The summed E-state index contributed by atoms with van der Waals surface area (Å²) in [5.41, 5.74) is 2.62. The summed E-state index contributed by atoms with van der Waals surface area (Å²) in [6.07, 6.45) is 7.95. The first kappa shape index (κ1) is 19.0. The van der Waals surface area contributed by atoms with Crippen molar-refractivity contribution in [1.82, 2.24) is 25.0 Å². The van der Waals surface area contributed by atoms with Gasteiger partial charge in [-0.1, -0.05) is 36.8 Å². The summed E-state index contributed by atoms with van der Waals surface area (Å²) in [5.74, 6) is 1.16. The van der Waals surface area contributed by atoms with E-state index in [9.17, 15) is 4.79 Å². The van der Waals surface area contributed by atoms with Crippen LogP contribution in [0.3, 0.4) is 0 Å². The van der Waals surface area contributed by atoms with Crippen molar-refractivity contribution in [3.05, 3.63) is 59.9 Å². The Morgan fingerprint density at radius 2 is 1.94 bits per heavy atom. The fraction of sp³-hybridized carbons (Fsp3) is 0.480. The highest BCUT2D eigenvalue weighted by atomic mass is 16.2. The van der Waals surface area contributed by atoms with Crippen molar-refractivity contribution < 1.29 is 4.79 Å². The van der Waals surface area contributed by atoms with Gasteiger partial charge >= 0.3 is 0 Å². The minimum atomic E-state index is 0.0638. The Kier molecular flexibility index (Phi) is 4.75. The Hall–Kier alpha value is -2.73. The fourth-order valence-electron chi connectivity index (χ4n) is 6.32. The van der Waals surface area contributed by atoms with Crippen LogP contribution in [-0.2, 0) is 6.42 Å². The van der Waals surface area contributed by atoms with Crippen molar-refractivity contribution in [2.24, 2.45) is 11.8 Å². The van der Waals surface area contributed by atoms with E-state index in [2.05, 4.69) is 55.3 Å². The molecule has 1 amide bonds. The number of hydrogen-bond donors (Lipinski definition) is 1. The SMILES string of the molecule is O=C(c1ccc2cn[nH]c2n1)N1C[C@H]2C[C@@H](C1)[C@H](Cc1ccccc1)N1CCCC[C@@H]21. The molecule has 0 unspecified atom stereocenters. The number of aromatic nitrogens is 3. The number of nitrogens with one attached hydrogen (secondary N) is 1. The molecule has 0 saturated carbocycles.